The van der Waals surface area contributed by atoms with Crippen molar-refractivity contribution in [2.45, 2.75) is 13.8 Å². The highest BCUT2D eigenvalue weighted by molar-refractivity contribution is 5.96. The van der Waals surface area contributed by atoms with Crippen LogP contribution in [0.25, 0.3) is 33.4 Å². The van der Waals surface area contributed by atoms with Crippen molar-refractivity contribution < 1.29 is 4.42 Å². The number of pyridine rings is 1. The predicted octanol–water partition coefficient (Wildman–Crippen LogP) is 5.78. The Bertz CT molecular complexity index is 966. The van der Waals surface area contributed by atoms with E-state index >= 15 is 0 Å². The quantitative estimate of drug-likeness (QED) is 0.469. The van der Waals surface area contributed by atoms with Crippen molar-refractivity contribution in [3.8, 4) is 22.4 Å². The molecule has 0 unspecified atom stereocenters. The molecule has 0 saturated heterocycles. The maximum Gasteiger partial charge on any atom is 0.135 e. The summed E-state index contributed by atoms with van der Waals surface area (Å²) < 4.78 is 5.83. The number of fused-ring (bicyclic) bond motifs is 1. The zero-order valence-corrected chi connectivity index (χ0v) is 13.2. The van der Waals surface area contributed by atoms with E-state index in [4.69, 9.17) is 4.42 Å². The summed E-state index contributed by atoms with van der Waals surface area (Å²) >= 11 is 0. The molecule has 0 atom stereocenters. The molecule has 0 saturated carbocycles. The second-order valence-electron chi connectivity index (χ2n) is 5.76. The molecule has 2 nitrogen and oxygen atoms in total. The summed E-state index contributed by atoms with van der Waals surface area (Å²) in [4.78, 5) is 4.64. The molecule has 0 fully saturated rings. The molecule has 112 valence electrons. The Hall–Kier alpha value is -2.87. The number of hydrogen-bond donors (Lipinski definition) is 0. The van der Waals surface area contributed by atoms with Crippen LogP contribution < -0.4 is 0 Å². The molecule has 0 aliphatic heterocycles. The number of hydrogen-bond acceptors (Lipinski definition) is 2. The van der Waals surface area contributed by atoms with Crippen LogP contribution in [0.3, 0.4) is 0 Å². The zero-order valence-electron chi connectivity index (χ0n) is 13.2. The first kappa shape index (κ1) is 13.8. The van der Waals surface area contributed by atoms with Gasteiger partial charge in [-0.15, -0.1) is 0 Å². The molecule has 0 spiro atoms. The average molecular weight is 299 g/mol. The molecule has 0 bridgehead atoms. The molecule has 0 aliphatic rings. The lowest BCUT2D eigenvalue weighted by molar-refractivity contribution is 0.575. The van der Waals surface area contributed by atoms with E-state index < -0.39 is 0 Å². The Morgan fingerprint density at radius 3 is 2.35 bits per heavy atom. The van der Waals surface area contributed by atoms with Crippen LogP contribution in [0.15, 0.2) is 71.3 Å². The Labute approximate surface area is 135 Å². The maximum atomic E-state index is 5.83. The minimum atomic E-state index is 0.935. The molecule has 0 N–H and O–H groups in total. The number of nitrogens with zero attached hydrogens (tertiary/aromatic N) is 1. The third-order valence-corrected chi connectivity index (χ3v) is 4.34. The lowest BCUT2D eigenvalue weighted by Gasteiger charge is -2.06. The number of aryl methyl sites for hydroxylation is 2. The van der Waals surface area contributed by atoms with E-state index in [9.17, 15) is 0 Å². The summed E-state index contributed by atoms with van der Waals surface area (Å²) in [5, 5.41) is 1.18. The fourth-order valence-electron chi connectivity index (χ4n) is 2.99. The number of benzene rings is 2. The van der Waals surface area contributed by atoms with E-state index in [-0.39, 0.29) is 0 Å². The first-order chi connectivity index (χ1) is 11.2. The van der Waals surface area contributed by atoms with Crippen LogP contribution in [0.4, 0.5) is 0 Å². The second-order valence-corrected chi connectivity index (χ2v) is 5.76. The van der Waals surface area contributed by atoms with Crippen LogP contribution in [-0.4, -0.2) is 4.98 Å². The standard InChI is InChI=1S/C21H17NO/c1-14-15(2)23-20-10-6-9-18(21(14)20)17-11-12-19(22-13-17)16-7-4-3-5-8-16/h3-13H,1-2H3. The molecular weight excluding hydrogens is 282 g/mol. The summed E-state index contributed by atoms with van der Waals surface area (Å²) in [5.74, 6) is 0.973. The maximum absolute atomic E-state index is 5.83. The van der Waals surface area contributed by atoms with Gasteiger partial charge in [-0.2, -0.15) is 0 Å². The van der Waals surface area contributed by atoms with Crippen LogP contribution in [0.2, 0.25) is 0 Å². The summed E-state index contributed by atoms with van der Waals surface area (Å²) in [5.41, 5.74) is 6.53. The van der Waals surface area contributed by atoms with Crippen molar-refractivity contribution >= 4 is 11.0 Å². The van der Waals surface area contributed by atoms with E-state index in [1.807, 2.05) is 43.5 Å². The molecule has 0 amide bonds. The van der Waals surface area contributed by atoms with E-state index in [0.29, 0.717) is 0 Å². The fourth-order valence-corrected chi connectivity index (χ4v) is 2.99. The van der Waals surface area contributed by atoms with Crippen LogP contribution in [0.5, 0.6) is 0 Å². The summed E-state index contributed by atoms with van der Waals surface area (Å²) in [7, 11) is 0. The monoisotopic (exact) mass is 299 g/mol. The van der Waals surface area contributed by atoms with Gasteiger partial charge in [0.2, 0.25) is 0 Å². The predicted molar refractivity (Wildman–Crippen MR) is 94.4 cm³/mol. The van der Waals surface area contributed by atoms with Gasteiger partial charge in [0, 0.05) is 22.7 Å². The SMILES string of the molecule is Cc1oc2cccc(-c3ccc(-c4ccccc4)nc3)c2c1C. The summed E-state index contributed by atoms with van der Waals surface area (Å²) in [6, 6.07) is 20.6. The van der Waals surface area contributed by atoms with Crippen molar-refractivity contribution in [2.24, 2.45) is 0 Å². The molecular formula is C21H17NO. The Morgan fingerprint density at radius 2 is 1.61 bits per heavy atom. The Morgan fingerprint density at radius 1 is 0.783 bits per heavy atom. The van der Waals surface area contributed by atoms with Crippen molar-refractivity contribution in [1.82, 2.24) is 4.98 Å². The fraction of sp³-hybridized carbons (Fsp3) is 0.0952. The van der Waals surface area contributed by atoms with Gasteiger partial charge in [0.15, 0.2) is 0 Å². The third kappa shape index (κ3) is 2.33. The Kier molecular flexibility index (Phi) is 3.23. The van der Waals surface area contributed by atoms with Crippen molar-refractivity contribution in [3.63, 3.8) is 0 Å². The second kappa shape index (κ2) is 5.40. The van der Waals surface area contributed by atoms with Crippen molar-refractivity contribution in [2.75, 3.05) is 0 Å². The molecule has 2 heterocycles. The lowest BCUT2D eigenvalue weighted by Crippen LogP contribution is -1.86. The minimum absolute atomic E-state index is 0.935. The van der Waals surface area contributed by atoms with Crippen LogP contribution in [0.1, 0.15) is 11.3 Å². The van der Waals surface area contributed by atoms with Crippen molar-refractivity contribution in [1.29, 1.82) is 0 Å². The largest absolute Gasteiger partial charge is 0.461 e. The van der Waals surface area contributed by atoms with Gasteiger partial charge in [-0.1, -0.05) is 48.5 Å². The van der Waals surface area contributed by atoms with Gasteiger partial charge in [-0.05, 0) is 37.1 Å². The van der Waals surface area contributed by atoms with Gasteiger partial charge < -0.3 is 4.42 Å². The number of rotatable bonds is 2. The third-order valence-electron chi connectivity index (χ3n) is 4.34. The van der Waals surface area contributed by atoms with Crippen LogP contribution in [-0.2, 0) is 0 Å². The molecule has 4 rings (SSSR count). The van der Waals surface area contributed by atoms with Gasteiger partial charge in [-0.25, -0.2) is 0 Å². The van der Waals surface area contributed by atoms with Gasteiger partial charge in [0.25, 0.3) is 0 Å². The topological polar surface area (TPSA) is 26.0 Å². The zero-order chi connectivity index (χ0) is 15.8. The highest BCUT2D eigenvalue weighted by Crippen LogP contribution is 2.34. The Balaban J connectivity index is 1.83. The highest BCUT2D eigenvalue weighted by Gasteiger charge is 2.12. The van der Waals surface area contributed by atoms with Gasteiger partial charge in [-0.3, -0.25) is 4.98 Å². The molecule has 0 radical (unpaired) electrons. The van der Waals surface area contributed by atoms with Gasteiger partial charge in [0.05, 0.1) is 5.69 Å². The molecule has 2 heteroatoms. The molecule has 0 aliphatic carbocycles. The van der Waals surface area contributed by atoms with Crippen molar-refractivity contribution in [3.05, 3.63) is 78.2 Å². The molecule has 4 aromatic rings. The van der Waals surface area contributed by atoms with E-state index in [0.717, 1.165) is 28.2 Å². The van der Waals surface area contributed by atoms with Crippen LogP contribution in [0, 0.1) is 13.8 Å². The first-order valence-corrected chi connectivity index (χ1v) is 7.74. The number of aromatic nitrogens is 1. The van der Waals surface area contributed by atoms with E-state index in [1.54, 1.807) is 0 Å². The number of furan rings is 1. The normalized spacial score (nSPS) is 11.0. The van der Waals surface area contributed by atoms with Crippen LogP contribution >= 0.6 is 0 Å². The van der Waals surface area contributed by atoms with Gasteiger partial charge in [0.1, 0.15) is 11.3 Å². The molecule has 23 heavy (non-hydrogen) atoms. The van der Waals surface area contributed by atoms with E-state index in [1.165, 1.54) is 16.5 Å². The average Bonchev–Trinajstić information content (AvgIpc) is 2.90. The lowest BCUT2D eigenvalue weighted by atomic mass is 9.99. The van der Waals surface area contributed by atoms with E-state index in [2.05, 4.69) is 42.2 Å². The summed E-state index contributed by atoms with van der Waals surface area (Å²) in [6.07, 6.45) is 1.94. The minimum Gasteiger partial charge on any atom is -0.461 e. The first-order valence-electron chi connectivity index (χ1n) is 7.74. The highest BCUT2D eigenvalue weighted by atomic mass is 16.3. The smallest absolute Gasteiger partial charge is 0.135 e. The molecule has 2 aromatic carbocycles. The van der Waals surface area contributed by atoms with Gasteiger partial charge >= 0.3 is 0 Å². The summed E-state index contributed by atoms with van der Waals surface area (Å²) in [6.45, 7) is 4.12. The molecule has 2 aromatic heterocycles.